The molecule has 0 N–H and O–H groups in total. The van der Waals surface area contributed by atoms with Crippen molar-refractivity contribution in [1.29, 1.82) is 0 Å². The maximum absolute atomic E-state index is 6.21. The molecule has 7 heteroatoms. The summed E-state index contributed by atoms with van der Waals surface area (Å²) in [6.45, 7) is 4.23. The van der Waals surface area contributed by atoms with Crippen LogP contribution in [-0.2, 0) is 16.3 Å². The van der Waals surface area contributed by atoms with Crippen LogP contribution in [0.25, 0.3) is 0 Å². The molecule has 0 rings (SSSR count). The first-order valence-corrected chi connectivity index (χ1v) is 10.8. The number of unbranched alkanes of at least 4 members (excludes halogenated alkanes) is 1. The van der Waals surface area contributed by atoms with Crippen molar-refractivity contribution in [1.82, 2.24) is 8.75 Å². The van der Waals surface area contributed by atoms with Gasteiger partial charge in [0.1, 0.15) is 0 Å². The highest BCUT2D eigenvalue weighted by molar-refractivity contribution is 8.16. The third-order valence-corrected chi connectivity index (χ3v) is 9.45. The van der Waals surface area contributed by atoms with Crippen molar-refractivity contribution in [2.75, 3.05) is 19.8 Å². The van der Waals surface area contributed by atoms with E-state index in [4.69, 9.17) is 28.5 Å². The minimum Gasteiger partial charge on any atom is -0.319 e. The van der Waals surface area contributed by atoms with Crippen molar-refractivity contribution in [3.8, 4) is 0 Å². The molecule has 0 spiro atoms. The van der Waals surface area contributed by atoms with Gasteiger partial charge in [-0.25, -0.2) is 0 Å². The summed E-state index contributed by atoms with van der Waals surface area (Å²) >= 11 is 12.6. The molecule has 2 atom stereocenters. The van der Waals surface area contributed by atoms with Crippen molar-refractivity contribution in [2.24, 2.45) is 0 Å². The van der Waals surface area contributed by atoms with Crippen LogP contribution in [0.2, 0.25) is 0 Å². The van der Waals surface area contributed by atoms with Gasteiger partial charge in [0, 0.05) is 19.8 Å². The fourth-order valence-electron chi connectivity index (χ4n) is 1.47. The van der Waals surface area contributed by atoms with E-state index >= 15 is 0 Å². The molecule has 0 fully saturated rings. The molecule has 0 aliphatic rings. The summed E-state index contributed by atoms with van der Waals surface area (Å²) in [6, 6.07) is 0. The Morgan fingerprint density at radius 3 is 2.42 bits per heavy atom. The molecule has 0 aromatic rings. The maximum atomic E-state index is 6.21. The van der Waals surface area contributed by atoms with E-state index in [1.54, 1.807) is 17.4 Å². The first kappa shape index (κ1) is 19.8. The highest BCUT2D eigenvalue weighted by atomic mass is 32.5. The van der Waals surface area contributed by atoms with Gasteiger partial charge in [0.05, 0.1) is 11.6 Å². The SMILES string of the molecule is CCCCC(C)OP(=S)(N(C)C=S)N(C)SCCC. The lowest BCUT2D eigenvalue weighted by Crippen LogP contribution is -2.25. The molecular weight excluding hydrogens is 315 g/mol. The van der Waals surface area contributed by atoms with Gasteiger partial charge in [0.2, 0.25) is 6.57 Å². The summed E-state index contributed by atoms with van der Waals surface area (Å²) in [4.78, 5) is 0. The zero-order valence-corrected chi connectivity index (χ0v) is 16.0. The second kappa shape index (κ2) is 10.5. The van der Waals surface area contributed by atoms with Crippen molar-refractivity contribution < 1.29 is 4.52 Å². The Morgan fingerprint density at radius 1 is 1.32 bits per heavy atom. The summed E-state index contributed by atoms with van der Waals surface area (Å²) in [6.07, 6.45) is 4.69. The second-order valence-electron chi connectivity index (χ2n) is 4.53. The van der Waals surface area contributed by atoms with Gasteiger partial charge < -0.3 is 9.19 Å². The topological polar surface area (TPSA) is 15.7 Å². The van der Waals surface area contributed by atoms with Gasteiger partial charge in [-0.1, -0.05) is 50.9 Å². The molecular formula is C12H27N2OPS3. The van der Waals surface area contributed by atoms with Crippen LogP contribution in [0.1, 0.15) is 46.5 Å². The Labute approximate surface area is 133 Å². The van der Waals surface area contributed by atoms with Crippen LogP contribution in [0.3, 0.4) is 0 Å². The average Bonchev–Trinajstić information content (AvgIpc) is 2.40. The predicted molar refractivity (Wildman–Crippen MR) is 96.3 cm³/mol. The molecule has 0 heterocycles. The minimum atomic E-state index is -2.22. The lowest BCUT2D eigenvalue weighted by molar-refractivity contribution is 0.211. The zero-order chi connectivity index (χ0) is 14.9. The van der Waals surface area contributed by atoms with Crippen LogP contribution < -0.4 is 0 Å². The quantitative estimate of drug-likeness (QED) is 0.305. The van der Waals surface area contributed by atoms with Gasteiger partial charge in [-0.2, -0.15) is 4.08 Å². The number of thiocarbonyl (C=S) groups is 1. The molecule has 0 aromatic carbocycles. The number of hydrogen-bond acceptors (Lipinski definition) is 4. The number of hydrogen-bond donors (Lipinski definition) is 0. The van der Waals surface area contributed by atoms with E-state index in [1.165, 1.54) is 12.8 Å². The van der Waals surface area contributed by atoms with Crippen LogP contribution in [0.5, 0.6) is 0 Å². The van der Waals surface area contributed by atoms with Gasteiger partial charge in [0.25, 0.3) is 0 Å². The predicted octanol–water partition coefficient (Wildman–Crippen LogP) is 4.69. The third kappa shape index (κ3) is 6.87. The van der Waals surface area contributed by atoms with Gasteiger partial charge in [-0.15, -0.1) is 0 Å². The van der Waals surface area contributed by atoms with E-state index < -0.39 is 6.57 Å². The Balaban J connectivity index is 4.77. The molecule has 3 nitrogen and oxygen atoms in total. The highest BCUT2D eigenvalue weighted by Gasteiger charge is 2.30. The molecule has 0 saturated carbocycles. The zero-order valence-electron chi connectivity index (χ0n) is 12.7. The molecule has 0 amide bonds. The summed E-state index contributed by atoms with van der Waals surface area (Å²) in [5.41, 5.74) is 1.61. The monoisotopic (exact) mass is 342 g/mol. The summed E-state index contributed by atoms with van der Waals surface area (Å²) in [5.74, 6) is 1.05. The fourth-order valence-corrected chi connectivity index (χ4v) is 6.15. The molecule has 114 valence electrons. The molecule has 0 bridgehead atoms. The first-order valence-electron chi connectivity index (χ1n) is 6.76. The molecule has 0 radical (unpaired) electrons. The third-order valence-electron chi connectivity index (χ3n) is 2.67. The standard InChI is InChI=1S/C12H27N2OPS3/c1-6-8-9-12(3)15-16(18,13(4)11-17)14(5)19-10-7-2/h11-12H,6-10H2,1-5H3. The van der Waals surface area contributed by atoms with Crippen LogP contribution in [0.4, 0.5) is 0 Å². The summed E-state index contributed by atoms with van der Waals surface area (Å²) in [5, 5.41) is 0. The number of rotatable bonds is 11. The molecule has 19 heavy (non-hydrogen) atoms. The fraction of sp³-hybridized carbons (Fsp3) is 0.917. The van der Waals surface area contributed by atoms with Crippen molar-refractivity contribution >= 4 is 48.0 Å². The highest BCUT2D eigenvalue weighted by Crippen LogP contribution is 2.56. The second-order valence-corrected chi connectivity index (χ2v) is 10.1. The van der Waals surface area contributed by atoms with Crippen LogP contribution in [0, 0.1) is 0 Å². The van der Waals surface area contributed by atoms with Gasteiger partial charge in [-0.3, -0.25) is 0 Å². The average molecular weight is 343 g/mol. The Hall–Kier alpha value is 0.810. The smallest absolute Gasteiger partial charge is 0.238 e. The largest absolute Gasteiger partial charge is 0.319 e. The van der Waals surface area contributed by atoms with E-state index in [1.807, 2.05) is 18.8 Å². The molecule has 0 aliphatic heterocycles. The molecule has 0 saturated heterocycles. The molecule has 2 unspecified atom stereocenters. The van der Waals surface area contributed by atoms with Crippen LogP contribution in [-0.4, -0.2) is 40.2 Å². The molecule has 0 aromatic heterocycles. The minimum absolute atomic E-state index is 0.174. The summed E-state index contributed by atoms with van der Waals surface area (Å²) < 4.78 is 10.2. The Kier molecular flexibility index (Phi) is 11.0. The van der Waals surface area contributed by atoms with E-state index in [9.17, 15) is 0 Å². The van der Waals surface area contributed by atoms with Crippen molar-refractivity contribution in [3.05, 3.63) is 0 Å². The lowest BCUT2D eigenvalue weighted by Gasteiger charge is -2.37. The van der Waals surface area contributed by atoms with E-state index in [2.05, 4.69) is 24.8 Å². The van der Waals surface area contributed by atoms with Gasteiger partial charge in [0.15, 0.2) is 0 Å². The van der Waals surface area contributed by atoms with Crippen molar-refractivity contribution in [2.45, 2.75) is 52.6 Å². The lowest BCUT2D eigenvalue weighted by atomic mass is 10.2. The van der Waals surface area contributed by atoms with Crippen molar-refractivity contribution in [3.63, 3.8) is 0 Å². The maximum Gasteiger partial charge on any atom is 0.238 e. The Bertz CT molecular complexity index is 305. The van der Waals surface area contributed by atoms with Crippen LogP contribution in [0.15, 0.2) is 0 Å². The van der Waals surface area contributed by atoms with Gasteiger partial charge in [-0.05, 0) is 31.6 Å². The first-order chi connectivity index (χ1) is 8.92. The van der Waals surface area contributed by atoms with Crippen LogP contribution >= 0.6 is 30.7 Å². The summed E-state index contributed by atoms with van der Waals surface area (Å²) in [7, 11) is 3.94. The van der Waals surface area contributed by atoms with E-state index in [0.29, 0.717) is 0 Å². The Morgan fingerprint density at radius 2 is 1.95 bits per heavy atom. The number of nitrogens with zero attached hydrogens (tertiary/aromatic N) is 2. The van der Waals surface area contributed by atoms with E-state index in [-0.39, 0.29) is 6.10 Å². The molecule has 0 aliphatic carbocycles. The normalized spacial score (nSPS) is 16.1. The van der Waals surface area contributed by atoms with E-state index in [0.717, 1.165) is 18.6 Å². The van der Waals surface area contributed by atoms with Gasteiger partial charge >= 0.3 is 0 Å².